The summed E-state index contributed by atoms with van der Waals surface area (Å²) < 4.78 is 31.4. The van der Waals surface area contributed by atoms with Crippen molar-refractivity contribution in [2.45, 2.75) is 58.1 Å². The van der Waals surface area contributed by atoms with Crippen molar-refractivity contribution in [2.24, 2.45) is 0 Å². The van der Waals surface area contributed by atoms with Crippen molar-refractivity contribution in [1.82, 2.24) is 0 Å². The summed E-state index contributed by atoms with van der Waals surface area (Å²) in [5.74, 6) is -6.51. The predicted molar refractivity (Wildman–Crippen MR) is 100 cm³/mol. The molecule has 0 aromatic heterocycles. The molecular weight excluding hydrogens is 432 g/mol. The third-order valence-corrected chi connectivity index (χ3v) is 4.10. The van der Waals surface area contributed by atoms with Gasteiger partial charge in [-0.15, -0.1) is 0 Å². The van der Waals surface area contributed by atoms with Crippen molar-refractivity contribution < 1.29 is 57.8 Å². The molecule has 1 fully saturated rings. The standard InChI is InChI=1S/C20H23O12/c1-10(21)27-9-16-17(28-11(2)22)18(29-12(3)23)19(30-13(4)24)20(26,32-16)31-15-7-5-14(25)6-8-15/h5-8,16-19,26H,9H2,1-4H3/t16-,17-,18+,19-,20+/m1/s1. The van der Waals surface area contributed by atoms with Crippen LogP contribution in [0.25, 0.3) is 0 Å². The van der Waals surface area contributed by atoms with E-state index in [9.17, 15) is 29.4 Å². The molecule has 0 saturated carbocycles. The summed E-state index contributed by atoms with van der Waals surface area (Å²) in [4.78, 5) is 46.5. The summed E-state index contributed by atoms with van der Waals surface area (Å²) in [5.41, 5.74) is 0. The predicted octanol–water partition coefficient (Wildman–Crippen LogP) is 0.612. The lowest BCUT2D eigenvalue weighted by molar-refractivity contribution is -0.421. The van der Waals surface area contributed by atoms with E-state index in [1.54, 1.807) is 0 Å². The molecule has 1 radical (unpaired) electrons. The molecule has 1 saturated heterocycles. The first-order valence-corrected chi connectivity index (χ1v) is 9.42. The molecule has 32 heavy (non-hydrogen) atoms. The first kappa shape index (κ1) is 24.9. The summed E-state index contributed by atoms with van der Waals surface area (Å²) in [6.07, 6.45) is -6.30. The lowest BCUT2D eigenvalue weighted by atomic mass is 9.96. The molecular formula is C20H23O12. The number of ether oxygens (including phenoxy) is 6. The Labute approximate surface area is 182 Å². The average Bonchev–Trinajstić information content (AvgIpc) is 2.66. The minimum absolute atomic E-state index is 0.0667. The van der Waals surface area contributed by atoms with Gasteiger partial charge in [-0.3, -0.25) is 24.3 Å². The van der Waals surface area contributed by atoms with E-state index >= 15 is 0 Å². The van der Waals surface area contributed by atoms with Gasteiger partial charge in [0.05, 0.1) is 0 Å². The van der Waals surface area contributed by atoms with Crippen molar-refractivity contribution in [2.75, 3.05) is 6.61 Å². The van der Waals surface area contributed by atoms with E-state index in [2.05, 4.69) is 0 Å². The molecule has 175 valence electrons. The summed E-state index contributed by atoms with van der Waals surface area (Å²) in [5, 5.41) is 22.6. The lowest BCUT2D eigenvalue weighted by Crippen LogP contribution is -2.70. The van der Waals surface area contributed by atoms with Gasteiger partial charge < -0.3 is 33.5 Å². The third-order valence-electron chi connectivity index (χ3n) is 4.10. The maximum absolute atomic E-state index is 11.8. The van der Waals surface area contributed by atoms with Gasteiger partial charge in [-0.05, 0) is 24.3 Å². The van der Waals surface area contributed by atoms with Gasteiger partial charge >= 0.3 is 29.9 Å². The molecule has 0 aliphatic carbocycles. The Morgan fingerprint density at radius 1 is 0.875 bits per heavy atom. The van der Waals surface area contributed by atoms with Crippen molar-refractivity contribution in [1.29, 1.82) is 0 Å². The Morgan fingerprint density at radius 3 is 1.91 bits per heavy atom. The largest absolute Gasteiger partial charge is 0.463 e. The van der Waals surface area contributed by atoms with Gasteiger partial charge in [0.1, 0.15) is 18.5 Å². The zero-order chi connectivity index (χ0) is 24.1. The molecule has 0 amide bonds. The number of carbonyl (C=O) groups is 4. The second kappa shape index (κ2) is 10.3. The van der Waals surface area contributed by atoms with Crippen molar-refractivity contribution in [3.05, 3.63) is 24.3 Å². The van der Waals surface area contributed by atoms with Crippen molar-refractivity contribution in [3.8, 4) is 11.5 Å². The Bertz CT molecular complexity index is 851. The Morgan fingerprint density at radius 2 is 1.41 bits per heavy atom. The summed E-state index contributed by atoms with van der Waals surface area (Å²) in [7, 11) is 0. The molecule has 12 heteroatoms. The van der Waals surface area contributed by atoms with Gasteiger partial charge in [0.15, 0.2) is 18.0 Å². The number of carbonyl (C=O) groups excluding carboxylic acids is 4. The van der Waals surface area contributed by atoms with Gasteiger partial charge in [-0.25, -0.2) is 0 Å². The monoisotopic (exact) mass is 455 g/mol. The molecule has 0 bridgehead atoms. The number of hydrogen-bond donors (Lipinski definition) is 1. The normalized spacial score (nSPS) is 27.0. The molecule has 0 spiro atoms. The van der Waals surface area contributed by atoms with Crippen LogP contribution in [0.5, 0.6) is 11.5 Å². The number of esters is 4. The van der Waals surface area contributed by atoms with Gasteiger partial charge in [0.25, 0.3) is 0 Å². The van der Waals surface area contributed by atoms with Crippen LogP contribution in [-0.2, 0) is 48.0 Å². The first-order chi connectivity index (χ1) is 14.9. The van der Waals surface area contributed by atoms with Crippen LogP contribution >= 0.6 is 0 Å². The molecule has 1 N–H and O–H groups in total. The fourth-order valence-corrected chi connectivity index (χ4v) is 3.00. The molecule has 1 aliphatic rings. The Balaban J connectivity index is 2.53. The lowest BCUT2D eigenvalue weighted by Gasteiger charge is -2.47. The van der Waals surface area contributed by atoms with Crippen molar-refractivity contribution in [3.63, 3.8) is 0 Å². The van der Waals surface area contributed by atoms with E-state index in [1.807, 2.05) is 0 Å². The molecule has 1 heterocycles. The second-order valence-corrected chi connectivity index (χ2v) is 6.84. The first-order valence-electron chi connectivity index (χ1n) is 9.42. The highest BCUT2D eigenvalue weighted by molar-refractivity contribution is 5.68. The van der Waals surface area contributed by atoms with Crippen LogP contribution in [0.3, 0.4) is 0 Å². The summed E-state index contributed by atoms with van der Waals surface area (Å²) in [6, 6.07) is 4.72. The molecule has 1 aromatic carbocycles. The van der Waals surface area contributed by atoms with E-state index in [4.69, 9.17) is 28.4 Å². The van der Waals surface area contributed by atoms with Crippen LogP contribution in [0.2, 0.25) is 0 Å². The highest BCUT2D eigenvalue weighted by atomic mass is 16.9. The Kier molecular flexibility index (Phi) is 8.00. The fourth-order valence-electron chi connectivity index (χ4n) is 3.00. The van der Waals surface area contributed by atoms with Crippen LogP contribution in [0.4, 0.5) is 0 Å². The number of benzene rings is 1. The highest BCUT2D eigenvalue weighted by Gasteiger charge is 2.62. The van der Waals surface area contributed by atoms with E-state index in [-0.39, 0.29) is 11.5 Å². The van der Waals surface area contributed by atoms with E-state index in [0.717, 1.165) is 39.8 Å². The minimum atomic E-state index is -2.79. The topological polar surface area (TPSA) is 164 Å². The number of hydrogen-bond acceptors (Lipinski definition) is 11. The van der Waals surface area contributed by atoms with Gasteiger partial charge in [0, 0.05) is 27.7 Å². The van der Waals surface area contributed by atoms with Gasteiger partial charge in [-0.2, -0.15) is 0 Å². The molecule has 5 atom stereocenters. The maximum atomic E-state index is 11.8. The second-order valence-electron chi connectivity index (χ2n) is 6.84. The third kappa shape index (κ3) is 6.56. The van der Waals surface area contributed by atoms with Crippen LogP contribution in [0, 0.1) is 0 Å². The zero-order valence-corrected chi connectivity index (χ0v) is 17.8. The smallest absolute Gasteiger partial charge is 0.368 e. The molecule has 1 aliphatic heterocycles. The van der Waals surface area contributed by atoms with Gasteiger partial charge in [0.2, 0.25) is 6.10 Å². The van der Waals surface area contributed by atoms with Crippen LogP contribution in [0.1, 0.15) is 27.7 Å². The fraction of sp³-hybridized carbons (Fsp3) is 0.500. The zero-order valence-electron chi connectivity index (χ0n) is 17.8. The van der Waals surface area contributed by atoms with Crippen molar-refractivity contribution >= 4 is 23.9 Å². The van der Waals surface area contributed by atoms with Crippen LogP contribution in [0.15, 0.2) is 24.3 Å². The molecule has 1 aromatic rings. The SMILES string of the molecule is CC(=O)OC[C@H]1O[C@@](O)(Oc2ccc([O])cc2)[C@H](OC(C)=O)[C@@H](OC(C)=O)[C@@H]1OC(C)=O. The van der Waals surface area contributed by atoms with Gasteiger partial charge in [-0.1, -0.05) is 0 Å². The van der Waals surface area contributed by atoms with E-state index < -0.39 is 60.9 Å². The molecule has 2 rings (SSSR count). The summed E-state index contributed by atoms with van der Waals surface area (Å²) >= 11 is 0. The van der Waals surface area contributed by atoms with Crippen LogP contribution in [-0.4, -0.2) is 66.0 Å². The number of aliphatic hydroxyl groups is 1. The Hall–Kier alpha value is -3.38. The maximum Gasteiger partial charge on any atom is 0.368 e. The minimum Gasteiger partial charge on any atom is -0.463 e. The summed E-state index contributed by atoms with van der Waals surface area (Å²) in [6.45, 7) is 3.70. The quantitative estimate of drug-likeness (QED) is 0.348. The average molecular weight is 455 g/mol. The molecule has 0 unspecified atom stereocenters. The van der Waals surface area contributed by atoms with E-state index in [1.165, 1.54) is 12.1 Å². The molecule has 12 nitrogen and oxygen atoms in total. The van der Waals surface area contributed by atoms with Crippen LogP contribution < -0.4 is 4.74 Å². The van der Waals surface area contributed by atoms with E-state index in [0.29, 0.717) is 0 Å². The highest BCUT2D eigenvalue weighted by Crippen LogP contribution is 2.36. The number of rotatable bonds is 7.